The molecule has 0 fully saturated rings. The molecule has 0 radical (unpaired) electrons. The van der Waals surface area contributed by atoms with Gasteiger partial charge in [0.2, 0.25) is 0 Å². The zero-order valence-electron chi connectivity index (χ0n) is 20.3. The third kappa shape index (κ3) is 9.49. The highest BCUT2D eigenvalue weighted by Crippen LogP contribution is 2.37. The molecule has 0 saturated heterocycles. The quantitative estimate of drug-likeness (QED) is 0.194. The standard InChI is InChI=1S/C24H34Cl2N2S.C2H6/c1-7-9-20(10-8-2)16-28-19(6)22(15-27)23(17(3)4)24(28)29-12-11-21(26)13-18(5)14-25;1-2/h7-11,13,17H,1,12,14-16,27H2,2-6H3;1-2H3/b10-8-,18-13+,20-9+,21-11+;. The van der Waals surface area contributed by atoms with E-state index < -0.39 is 0 Å². The first-order valence-electron chi connectivity index (χ1n) is 10.9. The van der Waals surface area contributed by atoms with Crippen molar-refractivity contribution in [3.63, 3.8) is 0 Å². The number of alkyl halides is 1. The topological polar surface area (TPSA) is 30.9 Å². The molecule has 31 heavy (non-hydrogen) atoms. The molecule has 0 unspecified atom stereocenters. The van der Waals surface area contributed by atoms with Gasteiger partial charge in [0.25, 0.3) is 0 Å². The summed E-state index contributed by atoms with van der Waals surface area (Å²) >= 11 is 14.0. The number of nitrogens with zero attached hydrogens (tertiary/aromatic N) is 1. The molecule has 1 aromatic rings. The molecule has 0 aromatic carbocycles. The Morgan fingerprint density at radius 1 is 1.29 bits per heavy atom. The van der Waals surface area contributed by atoms with Crippen LogP contribution in [0, 0.1) is 6.92 Å². The van der Waals surface area contributed by atoms with Gasteiger partial charge in [0.1, 0.15) is 0 Å². The van der Waals surface area contributed by atoms with E-state index >= 15 is 0 Å². The van der Waals surface area contributed by atoms with Crippen molar-refractivity contribution < 1.29 is 0 Å². The average Bonchev–Trinajstić information content (AvgIpc) is 3.01. The van der Waals surface area contributed by atoms with Gasteiger partial charge in [0, 0.05) is 35.4 Å². The lowest BCUT2D eigenvalue weighted by Gasteiger charge is -2.14. The number of allylic oxidation sites excluding steroid dienone is 8. The maximum Gasteiger partial charge on any atom is 0.0794 e. The highest BCUT2D eigenvalue weighted by atomic mass is 35.5. The van der Waals surface area contributed by atoms with Crippen molar-refractivity contribution in [3.8, 4) is 0 Å². The predicted molar refractivity (Wildman–Crippen MR) is 145 cm³/mol. The fourth-order valence-electron chi connectivity index (χ4n) is 3.23. The number of thioether (sulfide) groups is 1. The van der Waals surface area contributed by atoms with Gasteiger partial charge in [-0.2, -0.15) is 0 Å². The fourth-order valence-corrected chi connectivity index (χ4v) is 4.95. The molecule has 1 heterocycles. The summed E-state index contributed by atoms with van der Waals surface area (Å²) in [4.78, 5) is 0. The number of nitrogens with two attached hydrogens (primary N) is 1. The molecular weight excluding hydrogens is 443 g/mol. The lowest BCUT2D eigenvalue weighted by atomic mass is 10.0. The number of aromatic nitrogens is 1. The first-order chi connectivity index (χ1) is 14.8. The second-order valence-corrected chi connectivity index (χ2v) is 8.94. The summed E-state index contributed by atoms with van der Waals surface area (Å²) in [6.45, 7) is 19.8. The monoisotopic (exact) mass is 482 g/mol. The van der Waals surface area contributed by atoms with E-state index in [-0.39, 0.29) is 0 Å². The Kier molecular flexibility index (Phi) is 15.9. The van der Waals surface area contributed by atoms with E-state index in [4.69, 9.17) is 28.9 Å². The minimum absolute atomic E-state index is 0.391. The van der Waals surface area contributed by atoms with E-state index in [1.54, 1.807) is 11.8 Å². The Hall–Kier alpha value is -1.13. The van der Waals surface area contributed by atoms with Crippen LogP contribution in [-0.4, -0.2) is 16.2 Å². The first-order valence-corrected chi connectivity index (χ1v) is 12.8. The van der Waals surface area contributed by atoms with Gasteiger partial charge < -0.3 is 10.3 Å². The minimum Gasteiger partial charge on any atom is -0.335 e. The molecule has 0 spiro atoms. The van der Waals surface area contributed by atoms with Gasteiger partial charge in [-0.1, -0.05) is 81.8 Å². The third-order valence-electron chi connectivity index (χ3n) is 4.57. The number of rotatable bonds is 11. The van der Waals surface area contributed by atoms with Crippen LogP contribution < -0.4 is 5.73 Å². The van der Waals surface area contributed by atoms with Crippen molar-refractivity contribution in [1.82, 2.24) is 4.57 Å². The SMILES string of the molecule is C=C/C=C(\C=C/C)Cn1c(C)c(CN)c(C(C)C)c1SC/C=C(Cl)\C=C(/C)CCl.CC. The Bertz CT molecular complexity index is 812. The van der Waals surface area contributed by atoms with E-state index in [1.165, 1.54) is 27.4 Å². The van der Waals surface area contributed by atoms with Crippen LogP contribution >= 0.6 is 35.0 Å². The van der Waals surface area contributed by atoms with E-state index in [0.717, 1.165) is 22.9 Å². The van der Waals surface area contributed by atoms with Crippen LogP contribution in [0.4, 0.5) is 0 Å². The Morgan fingerprint density at radius 3 is 2.42 bits per heavy atom. The van der Waals surface area contributed by atoms with E-state index in [0.29, 0.717) is 18.3 Å². The van der Waals surface area contributed by atoms with Crippen LogP contribution in [0.15, 0.2) is 64.2 Å². The third-order valence-corrected chi connectivity index (χ3v) is 6.30. The normalized spacial score (nSPS) is 13.1. The lowest BCUT2D eigenvalue weighted by Crippen LogP contribution is -2.05. The maximum atomic E-state index is 6.35. The summed E-state index contributed by atoms with van der Waals surface area (Å²) in [6.07, 6.45) is 12.0. The Morgan fingerprint density at radius 2 is 1.94 bits per heavy atom. The van der Waals surface area contributed by atoms with Gasteiger partial charge in [-0.3, -0.25) is 0 Å². The van der Waals surface area contributed by atoms with Crippen LogP contribution in [0.1, 0.15) is 64.3 Å². The second kappa shape index (κ2) is 16.5. The summed E-state index contributed by atoms with van der Waals surface area (Å²) in [6, 6.07) is 0. The minimum atomic E-state index is 0.391. The van der Waals surface area contributed by atoms with Crippen molar-refractivity contribution >= 4 is 35.0 Å². The highest BCUT2D eigenvalue weighted by molar-refractivity contribution is 7.99. The number of hydrogen-bond acceptors (Lipinski definition) is 2. The van der Waals surface area contributed by atoms with Crippen molar-refractivity contribution in [2.24, 2.45) is 5.73 Å². The van der Waals surface area contributed by atoms with Gasteiger partial charge in [0.05, 0.1) is 5.03 Å². The van der Waals surface area contributed by atoms with E-state index in [2.05, 4.69) is 50.1 Å². The largest absolute Gasteiger partial charge is 0.335 e. The first kappa shape index (κ1) is 29.9. The van der Waals surface area contributed by atoms with Gasteiger partial charge in [-0.25, -0.2) is 0 Å². The summed E-state index contributed by atoms with van der Waals surface area (Å²) in [7, 11) is 0. The van der Waals surface area contributed by atoms with E-state index in [9.17, 15) is 0 Å². The molecule has 0 aliphatic carbocycles. The molecule has 0 saturated carbocycles. The van der Waals surface area contributed by atoms with Crippen LogP contribution in [-0.2, 0) is 13.1 Å². The van der Waals surface area contributed by atoms with Crippen molar-refractivity contribution in [2.75, 3.05) is 11.6 Å². The van der Waals surface area contributed by atoms with Crippen molar-refractivity contribution in [3.05, 3.63) is 76.0 Å². The van der Waals surface area contributed by atoms with Gasteiger partial charge in [-0.05, 0) is 49.5 Å². The molecule has 0 atom stereocenters. The Labute approximate surface area is 205 Å². The van der Waals surface area contributed by atoms with Crippen LogP contribution in [0.25, 0.3) is 0 Å². The summed E-state index contributed by atoms with van der Waals surface area (Å²) in [5, 5.41) is 1.98. The number of halogens is 2. The Balaban J connectivity index is 0.00000436. The molecule has 0 bridgehead atoms. The summed E-state index contributed by atoms with van der Waals surface area (Å²) in [5.74, 6) is 1.66. The molecule has 5 heteroatoms. The maximum absolute atomic E-state index is 6.35. The molecule has 0 amide bonds. The zero-order valence-corrected chi connectivity index (χ0v) is 22.6. The van der Waals surface area contributed by atoms with Gasteiger partial charge in [-0.15, -0.1) is 23.4 Å². The second-order valence-electron chi connectivity index (χ2n) is 7.23. The molecule has 174 valence electrons. The van der Waals surface area contributed by atoms with Gasteiger partial charge >= 0.3 is 0 Å². The van der Waals surface area contributed by atoms with Gasteiger partial charge in [0.15, 0.2) is 0 Å². The lowest BCUT2D eigenvalue weighted by molar-refractivity contribution is 0.689. The molecule has 1 aromatic heterocycles. The molecule has 0 aliphatic heterocycles. The molecule has 2 nitrogen and oxygen atoms in total. The smallest absolute Gasteiger partial charge is 0.0794 e. The van der Waals surface area contributed by atoms with Crippen LogP contribution in [0.5, 0.6) is 0 Å². The average molecular weight is 484 g/mol. The van der Waals surface area contributed by atoms with E-state index in [1.807, 2.05) is 45.9 Å². The predicted octanol–water partition coefficient (Wildman–Crippen LogP) is 8.49. The zero-order chi connectivity index (χ0) is 24.0. The summed E-state index contributed by atoms with van der Waals surface area (Å²) in [5.41, 5.74) is 12.2. The number of hydrogen-bond donors (Lipinski definition) is 1. The molecule has 0 aliphatic rings. The van der Waals surface area contributed by atoms with Crippen LogP contribution in [0.2, 0.25) is 0 Å². The molecule has 1 rings (SSSR count). The molecule has 2 N–H and O–H groups in total. The van der Waals surface area contributed by atoms with Crippen molar-refractivity contribution in [2.45, 2.75) is 72.5 Å². The highest BCUT2D eigenvalue weighted by Gasteiger charge is 2.22. The summed E-state index contributed by atoms with van der Waals surface area (Å²) < 4.78 is 2.37. The molecular formula is C26H40Cl2N2S. The van der Waals surface area contributed by atoms with Crippen LogP contribution in [0.3, 0.4) is 0 Å². The van der Waals surface area contributed by atoms with Crippen molar-refractivity contribution in [1.29, 1.82) is 0 Å². The fraction of sp³-hybridized carbons (Fsp3) is 0.462.